The maximum Gasteiger partial charge on any atom is 0.410 e. The lowest BCUT2D eigenvalue weighted by Gasteiger charge is -2.36. The van der Waals surface area contributed by atoms with Crippen molar-refractivity contribution in [2.24, 2.45) is 5.92 Å². The van der Waals surface area contributed by atoms with E-state index in [9.17, 15) is 4.79 Å². The van der Waals surface area contributed by atoms with Crippen LogP contribution < -0.4 is 5.32 Å². The van der Waals surface area contributed by atoms with Crippen molar-refractivity contribution in [1.29, 1.82) is 0 Å². The highest BCUT2D eigenvalue weighted by Crippen LogP contribution is 2.24. The van der Waals surface area contributed by atoms with Gasteiger partial charge < -0.3 is 19.9 Å². The predicted octanol–water partition coefficient (Wildman–Crippen LogP) is 3.10. The standard InChI is InChI=1S/C19H37N3O2/c1-15(20-17-8-10-21(5)11-9-17)14-16-6-12-22(13-7-16)18(23)24-19(2,3)4/h15-17,20H,6-14H2,1-5H3. The average Bonchev–Trinajstić information content (AvgIpc) is 2.48. The zero-order valence-electron chi connectivity index (χ0n) is 16.3. The molecule has 0 saturated carbocycles. The Kier molecular flexibility index (Phi) is 6.93. The largest absolute Gasteiger partial charge is 0.444 e. The fraction of sp³-hybridized carbons (Fsp3) is 0.947. The molecule has 0 radical (unpaired) electrons. The molecule has 0 bridgehead atoms. The summed E-state index contributed by atoms with van der Waals surface area (Å²) in [6.07, 6.45) is 5.78. The molecule has 2 rings (SSSR count). The summed E-state index contributed by atoms with van der Waals surface area (Å²) in [7, 11) is 2.21. The number of likely N-dealkylation sites (tertiary alicyclic amines) is 2. The molecule has 2 aliphatic heterocycles. The Bertz CT molecular complexity index is 392. The Morgan fingerprint density at radius 1 is 1.12 bits per heavy atom. The molecule has 2 heterocycles. The number of ether oxygens (including phenoxy) is 1. The summed E-state index contributed by atoms with van der Waals surface area (Å²) in [6, 6.07) is 1.24. The van der Waals surface area contributed by atoms with Gasteiger partial charge in [-0.15, -0.1) is 0 Å². The molecule has 140 valence electrons. The van der Waals surface area contributed by atoms with Crippen molar-refractivity contribution in [2.45, 2.75) is 77.5 Å². The van der Waals surface area contributed by atoms with Gasteiger partial charge in [0.15, 0.2) is 0 Å². The summed E-state index contributed by atoms with van der Waals surface area (Å²) in [5.74, 6) is 0.720. The molecule has 1 amide bonds. The van der Waals surface area contributed by atoms with Gasteiger partial charge in [-0.2, -0.15) is 0 Å². The van der Waals surface area contributed by atoms with E-state index < -0.39 is 5.60 Å². The van der Waals surface area contributed by atoms with Gasteiger partial charge in [0.25, 0.3) is 0 Å². The van der Waals surface area contributed by atoms with Crippen molar-refractivity contribution < 1.29 is 9.53 Å². The number of amides is 1. The molecular weight excluding hydrogens is 302 g/mol. The minimum Gasteiger partial charge on any atom is -0.444 e. The van der Waals surface area contributed by atoms with Crippen LogP contribution in [0.15, 0.2) is 0 Å². The number of hydrogen-bond acceptors (Lipinski definition) is 4. The molecule has 0 aromatic rings. The Morgan fingerprint density at radius 3 is 2.25 bits per heavy atom. The van der Waals surface area contributed by atoms with Crippen LogP contribution in [-0.2, 0) is 4.74 Å². The molecule has 2 aliphatic rings. The van der Waals surface area contributed by atoms with E-state index in [0.717, 1.165) is 31.8 Å². The molecule has 5 heteroatoms. The van der Waals surface area contributed by atoms with Crippen molar-refractivity contribution in [3.8, 4) is 0 Å². The fourth-order valence-corrected chi connectivity index (χ4v) is 3.82. The number of nitrogens with zero attached hydrogens (tertiary/aromatic N) is 2. The molecule has 0 aliphatic carbocycles. The Morgan fingerprint density at radius 2 is 1.71 bits per heavy atom. The lowest BCUT2D eigenvalue weighted by atomic mass is 9.90. The topological polar surface area (TPSA) is 44.8 Å². The van der Waals surface area contributed by atoms with E-state index in [1.807, 2.05) is 25.7 Å². The second-order valence-electron chi connectivity index (χ2n) is 8.79. The molecule has 1 N–H and O–H groups in total. The zero-order chi connectivity index (χ0) is 17.7. The maximum absolute atomic E-state index is 12.1. The number of nitrogens with one attached hydrogen (secondary N) is 1. The molecule has 0 aromatic heterocycles. The van der Waals surface area contributed by atoms with Crippen molar-refractivity contribution >= 4 is 6.09 Å². The second kappa shape index (κ2) is 8.52. The number of rotatable bonds is 4. The molecular formula is C19H37N3O2. The third-order valence-corrected chi connectivity index (χ3v) is 5.19. The maximum atomic E-state index is 12.1. The van der Waals surface area contributed by atoms with Crippen LogP contribution in [0.5, 0.6) is 0 Å². The van der Waals surface area contributed by atoms with E-state index in [-0.39, 0.29) is 6.09 Å². The summed E-state index contributed by atoms with van der Waals surface area (Å²) < 4.78 is 5.47. The van der Waals surface area contributed by atoms with Crippen molar-refractivity contribution in [3.63, 3.8) is 0 Å². The first kappa shape index (κ1) is 19.5. The van der Waals surface area contributed by atoms with Crippen LogP contribution >= 0.6 is 0 Å². The van der Waals surface area contributed by atoms with Gasteiger partial charge in [-0.05, 0) is 85.9 Å². The van der Waals surface area contributed by atoms with Crippen LogP contribution in [-0.4, -0.2) is 66.8 Å². The van der Waals surface area contributed by atoms with Crippen LogP contribution in [0.1, 0.15) is 59.8 Å². The van der Waals surface area contributed by atoms with Gasteiger partial charge in [0, 0.05) is 25.2 Å². The second-order valence-corrected chi connectivity index (χ2v) is 8.79. The quantitative estimate of drug-likeness (QED) is 0.855. The Labute approximate surface area is 148 Å². The summed E-state index contributed by atoms with van der Waals surface area (Å²) >= 11 is 0. The minimum absolute atomic E-state index is 0.154. The number of carbonyl (C=O) groups is 1. The van der Waals surface area contributed by atoms with Crippen LogP contribution in [0.2, 0.25) is 0 Å². The number of carbonyl (C=O) groups excluding carboxylic acids is 1. The fourth-order valence-electron chi connectivity index (χ4n) is 3.82. The summed E-state index contributed by atoms with van der Waals surface area (Å²) in [5, 5.41) is 3.82. The highest BCUT2D eigenvalue weighted by Gasteiger charge is 2.28. The molecule has 1 unspecified atom stereocenters. The third kappa shape index (κ3) is 6.60. The lowest BCUT2D eigenvalue weighted by Crippen LogP contribution is -2.46. The predicted molar refractivity (Wildman–Crippen MR) is 98.3 cm³/mol. The number of piperidine rings is 2. The zero-order valence-corrected chi connectivity index (χ0v) is 16.3. The first-order valence-corrected chi connectivity index (χ1v) is 9.65. The summed E-state index contributed by atoms with van der Waals surface area (Å²) in [6.45, 7) is 12.2. The van der Waals surface area contributed by atoms with Gasteiger partial charge in [0.1, 0.15) is 5.60 Å². The van der Waals surface area contributed by atoms with Crippen LogP contribution in [0, 0.1) is 5.92 Å². The highest BCUT2D eigenvalue weighted by atomic mass is 16.6. The Balaban J connectivity index is 1.66. The van der Waals surface area contributed by atoms with E-state index >= 15 is 0 Å². The molecule has 0 aromatic carbocycles. The first-order valence-electron chi connectivity index (χ1n) is 9.65. The number of hydrogen-bond donors (Lipinski definition) is 1. The van der Waals surface area contributed by atoms with E-state index in [2.05, 4.69) is 24.2 Å². The monoisotopic (exact) mass is 339 g/mol. The average molecular weight is 340 g/mol. The minimum atomic E-state index is -0.402. The molecule has 2 fully saturated rings. The smallest absolute Gasteiger partial charge is 0.410 e. The molecule has 24 heavy (non-hydrogen) atoms. The Hall–Kier alpha value is -0.810. The summed E-state index contributed by atoms with van der Waals surface area (Å²) in [5.41, 5.74) is -0.402. The first-order chi connectivity index (χ1) is 11.2. The van der Waals surface area contributed by atoms with E-state index in [0.29, 0.717) is 12.1 Å². The van der Waals surface area contributed by atoms with Gasteiger partial charge in [-0.1, -0.05) is 0 Å². The van der Waals surface area contributed by atoms with Gasteiger partial charge in [-0.3, -0.25) is 0 Å². The van der Waals surface area contributed by atoms with Crippen molar-refractivity contribution in [3.05, 3.63) is 0 Å². The van der Waals surface area contributed by atoms with Gasteiger partial charge in [0.2, 0.25) is 0 Å². The van der Waals surface area contributed by atoms with Gasteiger partial charge >= 0.3 is 6.09 Å². The molecule has 5 nitrogen and oxygen atoms in total. The third-order valence-electron chi connectivity index (χ3n) is 5.19. The van der Waals surface area contributed by atoms with E-state index in [1.165, 1.54) is 32.4 Å². The van der Waals surface area contributed by atoms with Gasteiger partial charge in [0.05, 0.1) is 0 Å². The van der Waals surface area contributed by atoms with Crippen LogP contribution in [0.4, 0.5) is 4.79 Å². The van der Waals surface area contributed by atoms with E-state index in [4.69, 9.17) is 4.74 Å². The van der Waals surface area contributed by atoms with Crippen molar-refractivity contribution in [2.75, 3.05) is 33.2 Å². The SMILES string of the molecule is CC(CC1CCN(C(=O)OC(C)(C)C)CC1)NC1CCN(C)CC1. The van der Waals surface area contributed by atoms with E-state index in [1.54, 1.807) is 0 Å². The summed E-state index contributed by atoms with van der Waals surface area (Å²) in [4.78, 5) is 16.4. The normalized spacial score (nSPS) is 23.3. The molecule has 2 saturated heterocycles. The van der Waals surface area contributed by atoms with Gasteiger partial charge in [-0.25, -0.2) is 4.79 Å². The molecule has 0 spiro atoms. The molecule has 1 atom stereocenters. The van der Waals surface area contributed by atoms with Crippen LogP contribution in [0.25, 0.3) is 0 Å². The highest BCUT2D eigenvalue weighted by molar-refractivity contribution is 5.68. The van der Waals surface area contributed by atoms with Crippen LogP contribution in [0.3, 0.4) is 0 Å². The van der Waals surface area contributed by atoms with Crippen molar-refractivity contribution in [1.82, 2.24) is 15.1 Å². The lowest BCUT2D eigenvalue weighted by molar-refractivity contribution is 0.0178.